The predicted octanol–water partition coefficient (Wildman–Crippen LogP) is 3.02. The minimum Gasteiger partial charge on any atom is -0.486 e. The van der Waals surface area contributed by atoms with Crippen LogP contribution in [0.4, 0.5) is 0 Å². The Labute approximate surface area is 144 Å². The van der Waals surface area contributed by atoms with Gasteiger partial charge < -0.3 is 14.8 Å². The van der Waals surface area contributed by atoms with E-state index in [1.807, 2.05) is 0 Å². The smallest absolute Gasteiger partial charge is 0.161 e. The quantitative estimate of drug-likeness (QED) is 0.918. The van der Waals surface area contributed by atoms with Gasteiger partial charge in [0, 0.05) is 12.6 Å². The van der Waals surface area contributed by atoms with Crippen molar-refractivity contribution in [3.63, 3.8) is 0 Å². The highest BCUT2D eigenvalue weighted by Crippen LogP contribution is 2.38. The second kappa shape index (κ2) is 7.73. The number of nitrogens with one attached hydrogen (secondary N) is 1. The van der Waals surface area contributed by atoms with Gasteiger partial charge in [-0.25, -0.2) is 0 Å². The fraction of sp³-hybridized carbons (Fsp3) is 0.667. The number of likely N-dealkylation sites (tertiary alicyclic amines) is 1. The zero-order valence-electron chi connectivity index (χ0n) is 13.6. The van der Waals surface area contributed by atoms with E-state index >= 15 is 0 Å². The second-order valence-electron chi connectivity index (χ2n) is 6.75. The van der Waals surface area contributed by atoms with E-state index in [1.165, 1.54) is 57.4 Å². The lowest BCUT2D eigenvalue weighted by Gasteiger charge is -2.32. The van der Waals surface area contributed by atoms with Crippen molar-refractivity contribution in [3.8, 4) is 11.5 Å². The van der Waals surface area contributed by atoms with Gasteiger partial charge in [-0.15, -0.1) is 12.4 Å². The van der Waals surface area contributed by atoms with E-state index in [1.54, 1.807) is 0 Å². The summed E-state index contributed by atoms with van der Waals surface area (Å²) in [5.41, 5.74) is 1.40. The Balaban J connectivity index is 0.00000156. The Hall–Kier alpha value is -0.970. The van der Waals surface area contributed by atoms with E-state index < -0.39 is 0 Å². The number of fused-ring (bicyclic) bond motifs is 1. The molecule has 1 aromatic rings. The first-order chi connectivity index (χ1) is 10.9. The number of piperidine rings is 1. The number of rotatable bonds is 3. The fourth-order valence-electron chi connectivity index (χ4n) is 4.09. The first-order valence-corrected chi connectivity index (χ1v) is 8.74. The summed E-state index contributed by atoms with van der Waals surface area (Å²) in [6.45, 7) is 6.20. The van der Waals surface area contributed by atoms with Crippen LogP contribution in [0.3, 0.4) is 0 Å². The van der Waals surface area contributed by atoms with Crippen molar-refractivity contribution >= 4 is 12.4 Å². The van der Waals surface area contributed by atoms with Crippen molar-refractivity contribution < 1.29 is 9.47 Å². The molecule has 0 saturated carbocycles. The fourth-order valence-corrected chi connectivity index (χ4v) is 4.09. The Bertz CT molecular complexity index is 520. The molecular weight excluding hydrogens is 312 g/mol. The average molecular weight is 339 g/mol. The molecule has 4 nitrogen and oxygen atoms in total. The van der Waals surface area contributed by atoms with Crippen molar-refractivity contribution in [1.29, 1.82) is 0 Å². The topological polar surface area (TPSA) is 33.7 Å². The van der Waals surface area contributed by atoms with Crippen LogP contribution in [-0.4, -0.2) is 44.3 Å². The molecule has 1 atom stereocenters. The maximum absolute atomic E-state index is 5.76. The molecule has 0 radical (unpaired) electrons. The van der Waals surface area contributed by atoms with Gasteiger partial charge in [-0.1, -0.05) is 6.07 Å². The maximum atomic E-state index is 5.76. The highest BCUT2D eigenvalue weighted by atomic mass is 35.5. The lowest BCUT2D eigenvalue weighted by molar-refractivity contribution is 0.169. The Kier molecular flexibility index (Phi) is 5.67. The van der Waals surface area contributed by atoms with Crippen LogP contribution in [0.15, 0.2) is 18.2 Å². The molecule has 0 amide bonds. The van der Waals surface area contributed by atoms with Crippen molar-refractivity contribution in [1.82, 2.24) is 10.2 Å². The molecule has 128 valence electrons. The highest BCUT2D eigenvalue weighted by molar-refractivity contribution is 5.85. The van der Waals surface area contributed by atoms with E-state index in [-0.39, 0.29) is 12.4 Å². The maximum Gasteiger partial charge on any atom is 0.161 e. The van der Waals surface area contributed by atoms with Gasteiger partial charge in [0.15, 0.2) is 11.5 Å². The van der Waals surface area contributed by atoms with Crippen LogP contribution in [0, 0.1) is 5.92 Å². The SMILES string of the molecule is Cl.c1cc2c(cc1C1CCCN1CC1CCNCC1)OCCO2. The Morgan fingerprint density at radius 3 is 2.65 bits per heavy atom. The molecule has 23 heavy (non-hydrogen) atoms. The number of halogens is 1. The molecule has 0 aliphatic carbocycles. The molecule has 3 aliphatic heterocycles. The first kappa shape index (κ1) is 16.9. The van der Waals surface area contributed by atoms with Crippen LogP contribution >= 0.6 is 12.4 Å². The van der Waals surface area contributed by atoms with Crippen LogP contribution in [-0.2, 0) is 0 Å². The van der Waals surface area contributed by atoms with Crippen LogP contribution < -0.4 is 14.8 Å². The zero-order chi connectivity index (χ0) is 14.8. The van der Waals surface area contributed by atoms with Gasteiger partial charge in [-0.3, -0.25) is 4.90 Å². The van der Waals surface area contributed by atoms with Gasteiger partial charge in [0.05, 0.1) is 0 Å². The van der Waals surface area contributed by atoms with Crippen LogP contribution in [0.2, 0.25) is 0 Å². The Morgan fingerprint density at radius 2 is 1.83 bits per heavy atom. The normalized spacial score (nSPS) is 25.1. The number of hydrogen-bond donors (Lipinski definition) is 1. The summed E-state index contributed by atoms with van der Waals surface area (Å²) in [5, 5.41) is 3.47. The minimum absolute atomic E-state index is 0. The molecular formula is C18H27ClN2O2. The lowest BCUT2D eigenvalue weighted by Crippen LogP contribution is -2.36. The van der Waals surface area contributed by atoms with E-state index in [2.05, 4.69) is 28.4 Å². The Morgan fingerprint density at radius 1 is 1.04 bits per heavy atom. The van der Waals surface area contributed by atoms with Crippen LogP contribution in [0.1, 0.15) is 37.3 Å². The van der Waals surface area contributed by atoms with E-state index in [9.17, 15) is 0 Å². The first-order valence-electron chi connectivity index (χ1n) is 8.74. The van der Waals surface area contributed by atoms with Gasteiger partial charge in [0.25, 0.3) is 0 Å². The summed E-state index contributed by atoms with van der Waals surface area (Å²) < 4.78 is 11.4. The van der Waals surface area contributed by atoms with Crippen LogP contribution in [0.5, 0.6) is 11.5 Å². The summed E-state index contributed by atoms with van der Waals surface area (Å²) in [4.78, 5) is 2.70. The molecule has 0 bridgehead atoms. The molecule has 0 aromatic heterocycles. The average Bonchev–Trinajstić information content (AvgIpc) is 3.03. The standard InChI is InChI=1S/C18H26N2O2.ClH/c1-2-16(20(9-1)13-14-5-7-19-8-6-14)15-3-4-17-18(12-15)22-11-10-21-17;/h3-4,12,14,16,19H,1-2,5-11,13H2;1H. The number of benzene rings is 1. The van der Waals surface area contributed by atoms with Crippen molar-refractivity contribution in [3.05, 3.63) is 23.8 Å². The van der Waals surface area contributed by atoms with E-state index in [0.717, 1.165) is 17.4 Å². The largest absolute Gasteiger partial charge is 0.486 e. The molecule has 1 N–H and O–H groups in total. The third-order valence-corrected chi connectivity index (χ3v) is 5.27. The molecule has 2 saturated heterocycles. The second-order valence-corrected chi connectivity index (χ2v) is 6.75. The van der Waals surface area contributed by atoms with Gasteiger partial charge >= 0.3 is 0 Å². The monoisotopic (exact) mass is 338 g/mol. The molecule has 4 rings (SSSR count). The van der Waals surface area contributed by atoms with Crippen molar-refractivity contribution in [2.75, 3.05) is 39.4 Å². The summed E-state index contributed by atoms with van der Waals surface area (Å²) in [6, 6.07) is 7.09. The van der Waals surface area contributed by atoms with Crippen molar-refractivity contribution in [2.45, 2.75) is 31.7 Å². The van der Waals surface area contributed by atoms with Gasteiger partial charge in [-0.2, -0.15) is 0 Å². The van der Waals surface area contributed by atoms with Gasteiger partial charge in [-0.05, 0) is 68.9 Å². The summed E-state index contributed by atoms with van der Waals surface area (Å²) >= 11 is 0. The molecule has 2 fully saturated rings. The third-order valence-electron chi connectivity index (χ3n) is 5.27. The summed E-state index contributed by atoms with van der Waals surface area (Å²) in [7, 11) is 0. The molecule has 1 aromatic carbocycles. The van der Waals surface area contributed by atoms with Crippen molar-refractivity contribution in [2.24, 2.45) is 5.92 Å². The lowest BCUT2D eigenvalue weighted by atomic mass is 9.96. The molecule has 3 aliphatic rings. The number of hydrogen-bond acceptors (Lipinski definition) is 4. The minimum atomic E-state index is 0. The number of ether oxygens (including phenoxy) is 2. The zero-order valence-corrected chi connectivity index (χ0v) is 14.4. The summed E-state index contributed by atoms with van der Waals surface area (Å²) in [6.07, 6.45) is 5.23. The van der Waals surface area contributed by atoms with E-state index in [4.69, 9.17) is 9.47 Å². The van der Waals surface area contributed by atoms with Gasteiger partial charge in [0.1, 0.15) is 13.2 Å². The molecule has 1 unspecified atom stereocenters. The molecule has 3 heterocycles. The third kappa shape index (κ3) is 3.76. The highest BCUT2D eigenvalue weighted by Gasteiger charge is 2.29. The van der Waals surface area contributed by atoms with E-state index in [0.29, 0.717) is 19.3 Å². The predicted molar refractivity (Wildman–Crippen MR) is 93.8 cm³/mol. The number of nitrogens with zero attached hydrogens (tertiary/aromatic N) is 1. The summed E-state index contributed by atoms with van der Waals surface area (Å²) in [5.74, 6) is 2.69. The molecule has 0 spiro atoms. The molecule has 5 heteroatoms. The van der Waals surface area contributed by atoms with Gasteiger partial charge in [0.2, 0.25) is 0 Å². The van der Waals surface area contributed by atoms with Crippen LogP contribution in [0.25, 0.3) is 0 Å².